The molecule has 38 heavy (non-hydrogen) atoms. The molecular weight excluding hydrogens is 499 g/mol. The molecule has 0 bridgehead atoms. The highest BCUT2D eigenvalue weighted by Crippen LogP contribution is 2.21. The van der Waals surface area contributed by atoms with Gasteiger partial charge in [0.2, 0.25) is 11.1 Å². The summed E-state index contributed by atoms with van der Waals surface area (Å²) in [5.74, 6) is 0.735. The zero-order valence-corrected chi connectivity index (χ0v) is 23.0. The highest BCUT2D eigenvalue weighted by atomic mass is 32.2. The first-order valence-corrected chi connectivity index (χ1v) is 14.0. The summed E-state index contributed by atoms with van der Waals surface area (Å²) in [5.41, 5.74) is 6.68. The van der Waals surface area contributed by atoms with Crippen LogP contribution in [0.25, 0.3) is 5.78 Å². The van der Waals surface area contributed by atoms with Crippen molar-refractivity contribution >= 4 is 23.4 Å². The fraction of sp³-hybridized carbons (Fsp3) is 0.379. The third kappa shape index (κ3) is 6.22. The SMILES string of the molecule is Cc1ccc(Cc2c(C)nc3nc(SCC(=O)N4CCCN(Cc5ccc(F)cc5)CC4)nn3c2C)cc1. The lowest BCUT2D eigenvalue weighted by Gasteiger charge is -2.22. The van der Waals surface area contributed by atoms with E-state index in [1.54, 1.807) is 4.52 Å². The van der Waals surface area contributed by atoms with Crippen molar-refractivity contribution in [3.8, 4) is 0 Å². The van der Waals surface area contributed by atoms with Crippen LogP contribution < -0.4 is 0 Å². The van der Waals surface area contributed by atoms with Crippen LogP contribution in [0, 0.1) is 26.6 Å². The number of benzene rings is 2. The van der Waals surface area contributed by atoms with E-state index in [9.17, 15) is 9.18 Å². The Hall–Kier alpha value is -3.30. The number of hydrogen-bond acceptors (Lipinski definition) is 6. The minimum atomic E-state index is -0.220. The van der Waals surface area contributed by atoms with E-state index in [0.717, 1.165) is 61.5 Å². The molecule has 0 saturated carbocycles. The zero-order valence-electron chi connectivity index (χ0n) is 22.2. The summed E-state index contributed by atoms with van der Waals surface area (Å²) in [6, 6.07) is 15.2. The molecule has 9 heteroatoms. The molecule has 0 N–H and O–H groups in total. The second-order valence-electron chi connectivity index (χ2n) is 9.96. The van der Waals surface area contributed by atoms with Crippen LogP contribution in [0.1, 0.15) is 40.1 Å². The maximum Gasteiger partial charge on any atom is 0.253 e. The number of carbonyl (C=O) groups is 1. The van der Waals surface area contributed by atoms with Gasteiger partial charge in [-0.25, -0.2) is 13.9 Å². The Kier molecular flexibility index (Phi) is 8.04. The van der Waals surface area contributed by atoms with Crippen molar-refractivity contribution in [2.45, 2.75) is 45.3 Å². The Morgan fingerprint density at radius 1 is 0.921 bits per heavy atom. The molecule has 1 fully saturated rings. The molecule has 0 unspecified atom stereocenters. The number of fused-ring (bicyclic) bond motifs is 1. The van der Waals surface area contributed by atoms with Crippen molar-refractivity contribution in [1.29, 1.82) is 0 Å². The van der Waals surface area contributed by atoms with Crippen molar-refractivity contribution in [2.24, 2.45) is 0 Å². The van der Waals surface area contributed by atoms with Crippen LogP contribution >= 0.6 is 11.8 Å². The van der Waals surface area contributed by atoms with Gasteiger partial charge in [0.05, 0.1) is 5.75 Å². The first-order valence-electron chi connectivity index (χ1n) is 13.0. The number of halogens is 1. The minimum Gasteiger partial charge on any atom is -0.341 e. The summed E-state index contributed by atoms with van der Waals surface area (Å²) < 4.78 is 15.0. The van der Waals surface area contributed by atoms with Crippen molar-refractivity contribution in [1.82, 2.24) is 29.4 Å². The molecule has 1 saturated heterocycles. The van der Waals surface area contributed by atoms with Gasteiger partial charge < -0.3 is 4.90 Å². The molecule has 0 atom stereocenters. The van der Waals surface area contributed by atoms with Gasteiger partial charge in [-0.15, -0.1) is 5.10 Å². The maximum atomic E-state index is 13.2. The first-order chi connectivity index (χ1) is 18.4. The van der Waals surface area contributed by atoms with Gasteiger partial charge in [-0.3, -0.25) is 9.69 Å². The van der Waals surface area contributed by atoms with Gasteiger partial charge in [0, 0.05) is 50.5 Å². The number of nitrogens with zero attached hydrogens (tertiary/aromatic N) is 6. The van der Waals surface area contributed by atoms with E-state index in [0.29, 0.717) is 23.2 Å². The van der Waals surface area contributed by atoms with Gasteiger partial charge in [-0.05, 0) is 56.0 Å². The predicted octanol–water partition coefficient (Wildman–Crippen LogP) is 4.61. The quantitative estimate of drug-likeness (QED) is 0.324. The summed E-state index contributed by atoms with van der Waals surface area (Å²) in [5, 5.41) is 5.23. The smallest absolute Gasteiger partial charge is 0.253 e. The lowest BCUT2D eigenvalue weighted by Crippen LogP contribution is -2.36. The van der Waals surface area contributed by atoms with Crippen molar-refractivity contribution in [3.63, 3.8) is 0 Å². The molecule has 1 amide bonds. The average molecular weight is 533 g/mol. The number of thioether (sulfide) groups is 1. The van der Waals surface area contributed by atoms with E-state index in [2.05, 4.69) is 53.1 Å². The van der Waals surface area contributed by atoms with Gasteiger partial charge in [-0.1, -0.05) is 53.7 Å². The lowest BCUT2D eigenvalue weighted by molar-refractivity contribution is -0.128. The summed E-state index contributed by atoms with van der Waals surface area (Å²) in [7, 11) is 0. The third-order valence-corrected chi connectivity index (χ3v) is 7.94. The Morgan fingerprint density at radius 3 is 2.42 bits per heavy atom. The summed E-state index contributed by atoms with van der Waals surface area (Å²) in [6.45, 7) is 10.0. The Bertz CT molecular complexity index is 1420. The number of aryl methyl sites for hydroxylation is 3. The van der Waals surface area contributed by atoms with Crippen LogP contribution in [0.2, 0.25) is 0 Å². The second-order valence-corrected chi connectivity index (χ2v) is 10.9. The molecular formula is C29H33FN6OS. The van der Waals surface area contributed by atoms with Crippen LogP contribution in [0.3, 0.4) is 0 Å². The summed E-state index contributed by atoms with van der Waals surface area (Å²) >= 11 is 1.36. The second kappa shape index (κ2) is 11.6. The van der Waals surface area contributed by atoms with Crippen LogP contribution in [-0.4, -0.2) is 67.2 Å². The third-order valence-electron chi connectivity index (χ3n) is 7.12. The first kappa shape index (κ1) is 26.3. The number of rotatable bonds is 7. The number of aromatic nitrogens is 4. The van der Waals surface area contributed by atoms with E-state index < -0.39 is 0 Å². The van der Waals surface area contributed by atoms with Gasteiger partial charge in [0.1, 0.15) is 5.82 Å². The number of amides is 1. The Morgan fingerprint density at radius 2 is 1.66 bits per heavy atom. The largest absolute Gasteiger partial charge is 0.341 e. The zero-order chi connectivity index (χ0) is 26.6. The van der Waals surface area contributed by atoms with Crippen LogP contribution in [0.4, 0.5) is 4.39 Å². The number of carbonyl (C=O) groups excluding carboxylic acids is 1. The van der Waals surface area contributed by atoms with Crippen LogP contribution in [-0.2, 0) is 17.8 Å². The molecule has 0 spiro atoms. The van der Waals surface area contributed by atoms with E-state index in [1.165, 1.54) is 35.0 Å². The van der Waals surface area contributed by atoms with Crippen molar-refractivity contribution in [2.75, 3.05) is 31.9 Å². The van der Waals surface area contributed by atoms with Crippen molar-refractivity contribution < 1.29 is 9.18 Å². The van der Waals surface area contributed by atoms with Crippen molar-refractivity contribution in [3.05, 3.63) is 88.0 Å². The average Bonchev–Trinajstić information content (AvgIpc) is 3.17. The molecule has 198 valence electrons. The molecule has 0 radical (unpaired) electrons. The molecule has 3 heterocycles. The van der Waals surface area contributed by atoms with Gasteiger partial charge in [-0.2, -0.15) is 4.98 Å². The van der Waals surface area contributed by atoms with Gasteiger partial charge in [0.15, 0.2) is 0 Å². The van der Waals surface area contributed by atoms with Gasteiger partial charge in [0.25, 0.3) is 5.78 Å². The van der Waals surface area contributed by atoms with E-state index in [1.807, 2.05) is 24.0 Å². The maximum absolute atomic E-state index is 13.2. The number of hydrogen-bond donors (Lipinski definition) is 0. The summed E-state index contributed by atoms with van der Waals surface area (Å²) in [6.07, 6.45) is 1.70. The molecule has 0 aliphatic carbocycles. The fourth-order valence-electron chi connectivity index (χ4n) is 4.86. The Labute approximate surface area is 227 Å². The lowest BCUT2D eigenvalue weighted by atomic mass is 10.0. The molecule has 7 nitrogen and oxygen atoms in total. The molecule has 2 aromatic carbocycles. The topological polar surface area (TPSA) is 66.6 Å². The van der Waals surface area contributed by atoms with Gasteiger partial charge >= 0.3 is 0 Å². The summed E-state index contributed by atoms with van der Waals surface area (Å²) in [4.78, 5) is 26.6. The van der Waals surface area contributed by atoms with Crippen LogP contribution in [0.5, 0.6) is 0 Å². The van der Waals surface area contributed by atoms with E-state index >= 15 is 0 Å². The van der Waals surface area contributed by atoms with E-state index in [-0.39, 0.29) is 11.7 Å². The molecule has 2 aromatic heterocycles. The molecule has 5 rings (SSSR count). The standard InChI is InChI=1S/C29H33FN6OS/c1-20-5-7-23(8-6-20)17-26-21(2)31-28-32-29(33-36(28)22(26)3)38-19-27(37)35-14-4-13-34(15-16-35)18-24-9-11-25(30)12-10-24/h5-12H,4,13-19H2,1-3H3. The highest BCUT2D eigenvalue weighted by Gasteiger charge is 2.21. The fourth-order valence-corrected chi connectivity index (χ4v) is 5.58. The predicted molar refractivity (Wildman–Crippen MR) is 148 cm³/mol. The normalized spacial score (nSPS) is 14.7. The minimum absolute atomic E-state index is 0.0958. The van der Waals surface area contributed by atoms with E-state index in [4.69, 9.17) is 4.98 Å². The Balaban J connectivity index is 1.19. The molecule has 4 aromatic rings. The monoisotopic (exact) mass is 532 g/mol. The highest BCUT2D eigenvalue weighted by molar-refractivity contribution is 7.99. The molecule has 1 aliphatic rings. The molecule has 1 aliphatic heterocycles. The van der Waals surface area contributed by atoms with Crippen LogP contribution in [0.15, 0.2) is 53.7 Å².